The van der Waals surface area contributed by atoms with Crippen LogP contribution in [0.4, 0.5) is 5.69 Å². The van der Waals surface area contributed by atoms with Gasteiger partial charge in [-0.05, 0) is 37.3 Å². The van der Waals surface area contributed by atoms with Crippen molar-refractivity contribution in [3.63, 3.8) is 0 Å². The van der Waals surface area contributed by atoms with Crippen molar-refractivity contribution in [3.05, 3.63) is 59.8 Å². The largest absolute Gasteiger partial charge is 0.462 e. The Balaban J connectivity index is 1.55. The molecule has 0 aliphatic rings. The molecule has 8 heteroatoms. The van der Waals surface area contributed by atoms with Gasteiger partial charge < -0.3 is 14.8 Å². The Labute approximate surface area is 154 Å². The predicted molar refractivity (Wildman–Crippen MR) is 97.4 cm³/mol. The van der Waals surface area contributed by atoms with Gasteiger partial charge in [0.25, 0.3) is 5.91 Å². The number of H-pyrrole nitrogens is 1. The molecule has 1 heterocycles. The normalized spacial score (nSPS) is 10.4. The fourth-order valence-electron chi connectivity index (χ4n) is 2.42. The summed E-state index contributed by atoms with van der Waals surface area (Å²) in [4.78, 5) is 35.7. The molecule has 0 atom stereocenters. The van der Waals surface area contributed by atoms with Gasteiger partial charge in [-0.2, -0.15) is 5.10 Å². The van der Waals surface area contributed by atoms with Gasteiger partial charge in [-0.3, -0.25) is 9.89 Å². The number of para-hydroxylation sites is 1. The number of benzene rings is 2. The average molecular weight is 367 g/mol. The Morgan fingerprint density at radius 3 is 2.48 bits per heavy atom. The summed E-state index contributed by atoms with van der Waals surface area (Å²) < 4.78 is 9.90. The van der Waals surface area contributed by atoms with Crippen molar-refractivity contribution >= 4 is 34.4 Å². The molecule has 0 spiro atoms. The molecule has 2 N–H and O–H groups in total. The number of ether oxygens (including phenoxy) is 2. The van der Waals surface area contributed by atoms with Crippen LogP contribution in [0, 0.1) is 0 Å². The minimum absolute atomic E-state index is 0.122. The van der Waals surface area contributed by atoms with Crippen molar-refractivity contribution in [1.29, 1.82) is 0 Å². The van der Waals surface area contributed by atoms with Gasteiger partial charge in [0.1, 0.15) is 0 Å². The Morgan fingerprint density at radius 2 is 1.74 bits per heavy atom. The number of amides is 1. The quantitative estimate of drug-likeness (QED) is 0.648. The number of nitrogens with zero attached hydrogens (tertiary/aromatic N) is 1. The molecule has 0 radical (unpaired) electrons. The number of carbonyl (C=O) groups is 3. The third kappa shape index (κ3) is 4.30. The van der Waals surface area contributed by atoms with Crippen LogP contribution < -0.4 is 5.32 Å². The lowest BCUT2D eigenvalue weighted by atomic mass is 10.2. The third-order valence-electron chi connectivity index (χ3n) is 3.68. The summed E-state index contributed by atoms with van der Waals surface area (Å²) >= 11 is 0. The summed E-state index contributed by atoms with van der Waals surface area (Å²) in [6.07, 6.45) is 0. The van der Waals surface area contributed by atoms with E-state index in [9.17, 15) is 14.4 Å². The van der Waals surface area contributed by atoms with E-state index in [1.807, 2.05) is 6.07 Å². The van der Waals surface area contributed by atoms with E-state index in [1.54, 1.807) is 37.3 Å². The summed E-state index contributed by atoms with van der Waals surface area (Å²) in [5.41, 5.74) is 1.67. The van der Waals surface area contributed by atoms with Crippen LogP contribution >= 0.6 is 0 Å². The van der Waals surface area contributed by atoms with E-state index >= 15 is 0 Å². The smallest absolute Gasteiger partial charge is 0.359 e. The van der Waals surface area contributed by atoms with E-state index in [0.29, 0.717) is 22.2 Å². The van der Waals surface area contributed by atoms with Gasteiger partial charge in [-0.25, -0.2) is 9.59 Å². The van der Waals surface area contributed by atoms with Crippen LogP contribution in [-0.4, -0.2) is 41.3 Å². The van der Waals surface area contributed by atoms with Gasteiger partial charge in [0.05, 0.1) is 17.7 Å². The van der Waals surface area contributed by atoms with Crippen molar-refractivity contribution in [1.82, 2.24) is 10.2 Å². The zero-order valence-electron chi connectivity index (χ0n) is 14.5. The number of fused-ring (bicyclic) bond motifs is 1. The van der Waals surface area contributed by atoms with Gasteiger partial charge in [0.2, 0.25) is 0 Å². The van der Waals surface area contributed by atoms with Gasteiger partial charge in [-0.15, -0.1) is 0 Å². The van der Waals surface area contributed by atoms with Crippen LogP contribution in [0.2, 0.25) is 0 Å². The Kier molecular flexibility index (Phi) is 5.46. The van der Waals surface area contributed by atoms with Crippen molar-refractivity contribution in [2.24, 2.45) is 0 Å². The van der Waals surface area contributed by atoms with Crippen molar-refractivity contribution < 1.29 is 23.9 Å². The summed E-state index contributed by atoms with van der Waals surface area (Å²) in [5.74, 6) is -1.64. The fraction of sp³-hybridized carbons (Fsp3) is 0.158. The lowest BCUT2D eigenvalue weighted by Gasteiger charge is -2.07. The summed E-state index contributed by atoms with van der Waals surface area (Å²) in [6.45, 7) is 1.55. The highest BCUT2D eigenvalue weighted by molar-refractivity contribution is 6.03. The number of aromatic nitrogens is 2. The number of anilines is 1. The molecule has 0 aliphatic carbocycles. The average Bonchev–Trinajstić information content (AvgIpc) is 3.11. The highest BCUT2D eigenvalue weighted by Crippen LogP contribution is 2.16. The van der Waals surface area contributed by atoms with E-state index in [1.165, 1.54) is 12.1 Å². The molecule has 27 heavy (non-hydrogen) atoms. The number of aromatic amines is 1. The molecule has 0 aliphatic heterocycles. The van der Waals surface area contributed by atoms with E-state index < -0.39 is 24.5 Å². The maximum absolute atomic E-state index is 12.1. The molecule has 1 aromatic heterocycles. The van der Waals surface area contributed by atoms with E-state index in [4.69, 9.17) is 9.47 Å². The van der Waals surface area contributed by atoms with Crippen molar-refractivity contribution in [2.75, 3.05) is 18.5 Å². The molecular weight excluding hydrogens is 350 g/mol. The van der Waals surface area contributed by atoms with Crippen LogP contribution in [0.1, 0.15) is 27.8 Å². The molecule has 138 valence electrons. The number of rotatable bonds is 6. The molecule has 1 amide bonds. The Bertz CT molecular complexity index is 978. The molecule has 0 bridgehead atoms. The van der Waals surface area contributed by atoms with E-state index in [2.05, 4.69) is 15.5 Å². The van der Waals surface area contributed by atoms with Crippen LogP contribution in [0.15, 0.2) is 48.5 Å². The van der Waals surface area contributed by atoms with Gasteiger partial charge in [0.15, 0.2) is 12.3 Å². The fourth-order valence-corrected chi connectivity index (χ4v) is 2.42. The number of esters is 2. The third-order valence-corrected chi connectivity index (χ3v) is 3.68. The maximum atomic E-state index is 12.1. The SMILES string of the molecule is CCOC(=O)c1ccc(NC(=O)COC(=O)c2n[nH]c3ccccc23)cc1. The highest BCUT2D eigenvalue weighted by Gasteiger charge is 2.16. The highest BCUT2D eigenvalue weighted by atomic mass is 16.5. The zero-order chi connectivity index (χ0) is 19.2. The first-order chi connectivity index (χ1) is 13.1. The predicted octanol–water partition coefficient (Wildman–Crippen LogP) is 2.54. The van der Waals surface area contributed by atoms with Crippen LogP contribution in [0.3, 0.4) is 0 Å². The molecule has 0 fully saturated rings. The van der Waals surface area contributed by atoms with E-state index in [-0.39, 0.29) is 12.3 Å². The molecule has 0 unspecified atom stereocenters. The summed E-state index contributed by atoms with van der Waals surface area (Å²) in [5, 5.41) is 9.86. The standard InChI is InChI=1S/C19H17N3O5/c1-2-26-18(24)12-7-9-13(10-8-12)20-16(23)11-27-19(25)17-14-5-3-4-6-15(14)21-22-17/h3-10H,2,11H2,1H3,(H,20,23)(H,21,22). The number of nitrogens with one attached hydrogen (secondary N) is 2. The molecule has 3 aromatic rings. The Morgan fingerprint density at radius 1 is 1.00 bits per heavy atom. The van der Waals surface area contributed by atoms with Crippen LogP contribution in [0.25, 0.3) is 10.9 Å². The monoisotopic (exact) mass is 367 g/mol. The number of hydrogen-bond acceptors (Lipinski definition) is 6. The van der Waals surface area contributed by atoms with Gasteiger partial charge in [0, 0.05) is 11.1 Å². The van der Waals surface area contributed by atoms with Crippen LogP contribution in [-0.2, 0) is 14.3 Å². The lowest BCUT2D eigenvalue weighted by molar-refractivity contribution is -0.119. The minimum Gasteiger partial charge on any atom is -0.462 e. The van der Waals surface area contributed by atoms with Crippen molar-refractivity contribution in [2.45, 2.75) is 6.92 Å². The molecule has 2 aromatic carbocycles. The number of carbonyl (C=O) groups excluding carboxylic acids is 3. The molecule has 0 saturated carbocycles. The zero-order valence-corrected chi connectivity index (χ0v) is 14.5. The van der Waals surface area contributed by atoms with Gasteiger partial charge in [-0.1, -0.05) is 18.2 Å². The molecule has 8 nitrogen and oxygen atoms in total. The van der Waals surface area contributed by atoms with Crippen molar-refractivity contribution in [3.8, 4) is 0 Å². The molecule has 0 saturated heterocycles. The van der Waals surface area contributed by atoms with Crippen LogP contribution in [0.5, 0.6) is 0 Å². The Hall–Kier alpha value is -3.68. The second kappa shape index (κ2) is 8.13. The first kappa shape index (κ1) is 18.1. The summed E-state index contributed by atoms with van der Waals surface area (Å²) in [7, 11) is 0. The topological polar surface area (TPSA) is 110 Å². The second-order valence-corrected chi connectivity index (χ2v) is 5.54. The maximum Gasteiger partial charge on any atom is 0.359 e. The lowest BCUT2D eigenvalue weighted by Crippen LogP contribution is -2.21. The number of hydrogen-bond donors (Lipinski definition) is 2. The summed E-state index contributed by atoms with van der Waals surface area (Å²) in [6, 6.07) is 13.3. The second-order valence-electron chi connectivity index (χ2n) is 5.54. The van der Waals surface area contributed by atoms with Gasteiger partial charge >= 0.3 is 11.9 Å². The first-order valence-corrected chi connectivity index (χ1v) is 8.25. The minimum atomic E-state index is -0.694. The first-order valence-electron chi connectivity index (χ1n) is 8.25. The molecular formula is C19H17N3O5. The molecule has 3 rings (SSSR count). The van der Waals surface area contributed by atoms with E-state index in [0.717, 1.165) is 0 Å².